The van der Waals surface area contributed by atoms with Gasteiger partial charge in [0.1, 0.15) is 11.9 Å². The lowest BCUT2D eigenvalue weighted by atomic mass is 10.2. The maximum atomic E-state index is 12.8. The molecule has 1 amide bonds. The molecule has 1 aromatic carbocycles. The van der Waals surface area contributed by atoms with Gasteiger partial charge in [-0.05, 0) is 31.2 Å². The molecule has 0 radical (unpaired) electrons. The average molecular weight is 235 g/mol. The minimum atomic E-state index is -0.497. The second kappa shape index (κ2) is 6.61. The number of nitrogens with one attached hydrogen (secondary N) is 2. The van der Waals surface area contributed by atoms with Gasteiger partial charge in [-0.3, -0.25) is 4.79 Å². The summed E-state index contributed by atoms with van der Waals surface area (Å²) in [4.78, 5) is 11.5. The number of benzene rings is 1. The highest BCUT2D eigenvalue weighted by atomic mass is 19.1. The van der Waals surface area contributed by atoms with Crippen LogP contribution in [0.15, 0.2) is 18.2 Å². The Morgan fingerprint density at radius 1 is 1.53 bits per heavy atom. The van der Waals surface area contributed by atoms with Crippen LogP contribution in [0.2, 0.25) is 0 Å². The Morgan fingerprint density at radius 3 is 2.94 bits per heavy atom. The van der Waals surface area contributed by atoms with Crippen LogP contribution in [0.25, 0.3) is 0 Å². The van der Waals surface area contributed by atoms with Crippen LogP contribution in [0.3, 0.4) is 0 Å². The molecule has 0 heterocycles. The van der Waals surface area contributed by atoms with Gasteiger partial charge in [-0.1, -0.05) is 6.92 Å². The molecule has 0 aliphatic rings. The maximum Gasteiger partial charge on any atom is 0.238 e. The first kappa shape index (κ1) is 13.1. The molecule has 17 heavy (non-hydrogen) atoms. The first-order valence-corrected chi connectivity index (χ1v) is 5.37. The number of anilines is 1. The zero-order chi connectivity index (χ0) is 12.7. The van der Waals surface area contributed by atoms with Crippen molar-refractivity contribution in [2.24, 2.45) is 0 Å². The number of nitriles is 1. The summed E-state index contributed by atoms with van der Waals surface area (Å²) in [5.41, 5.74) is 0.450. The third kappa shape index (κ3) is 4.21. The van der Waals surface area contributed by atoms with E-state index in [4.69, 9.17) is 5.26 Å². The van der Waals surface area contributed by atoms with Crippen LogP contribution in [-0.4, -0.2) is 19.0 Å². The predicted molar refractivity (Wildman–Crippen MR) is 62.9 cm³/mol. The van der Waals surface area contributed by atoms with E-state index >= 15 is 0 Å². The number of hydrogen-bond acceptors (Lipinski definition) is 3. The molecule has 0 fully saturated rings. The lowest BCUT2D eigenvalue weighted by Crippen LogP contribution is -2.28. The minimum absolute atomic E-state index is 0.119. The summed E-state index contributed by atoms with van der Waals surface area (Å²) in [6.45, 7) is 2.93. The summed E-state index contributed by atoms with van der Waals surface area (Å²) in [6, 6.07) is 5.51. The smallest absolute Gasteiger partial charge is 0.238 e. The zero-order valence-corrected chi connectivity index (χ0v) is 9.59. The average Bonchev–Trinajstić information content (AvgIpc) is 2.32. The predicted octanol–water partition coefficient (Wildman–Crippen LogP) is 1.64. The van der Waals surface area contributed by atoms with Gasteiger partial charge in [0, 0.05) is 0 Å². The van der Waals surface area contributed by atoms with Crippen molar-refractivity contribution in [2.75, 3.05) is 18.4 Å². The fourth-order valence-electron chi connectivity index (χ4n) is 1.29. The van der Waals surface area contributed by atoms with Crippen LogP contribution in [0.4, 0.5) is 10.1 Å². The van der Waals surface area contributed by atoms with Gasteiger partial charge >= 0.3 is 0 Å². The Bertz CT molecular complexity index is 440. The molecular formula is C12H14FN3O. The van der Waals surface area contributed by atoms with E-state index in [0.29, 0.717) is 5.69 Å². The van der Waals surface area contributed by atoms with Gasteiger partial charge in [-0.25, -0.2) is 4.39 Å². The Balaban J connectivity index is 2.62. The van der Waals surface area contributed by atoms with E-state index in [-0.39, 0.29) is 18.0 Å². The fourth-order valence-corrected chi connectivity index (χ4v) is 1.29. The third-order valence-electron chi connectivity index (χ3n) is 2.09. The first-order chi connectivity index (χ1) is 8.17. The SMILES string of the molecule is CCCNCC(=O)Nc1ccc(F)cc1C#N. The van der Waals surface area contributed by atoms with Gasteiger partial charge < -0.3 is 10.6 Å². The number of halogens is 1. The minimum Gasteiger partial charge on any atom is -0.324 e. The quantitative estimate of drug-likeness (QED) is 0.762. The van der Waals surface area contributed by atoms with Crippen LogP contribution < -0.4 is 10.6 Å². The third-order valence-corrected chi connectivity index (χ3v) is 2.09. The second-order valence-corrected chi connectivity index (χ2v) is 3.53. The molecule has 0 atom stereocenters. The highest BCUT2D eigenvalue weighted by Crippen LogP contribution is 2.15. The molecule has 4 nitrogen and oxygen atoms in total. The van der Waals surface area contributed by atoms with E-state index in [0.717, 1.165) is 19.0 Å². The summed E-state index contributed by atoms with van der Waals surface area (Å²) in [5.74, 6) is -0.745. The van der Waals surface area contributed by atoms with Crippen molar-refractivity contribution in [1.29, 1.82) is 5.26 Å². The Kier molecular flexibility index (Phi) is 5.11. The van der Waals surface area contributed by atoms with E-state index in [1.165, 1.54) is 12.1 Å². The van der Waals surface area contributed by atoms with Crippen LogP contribution in [0.5, 0.6) is 0 Å². The molecule has 0 spiro atoms. The number of amides is 1. The number of rotatable bonds is 5. The summed E-state index contributed by atoms with van der Waals surface area (Å²) in [5, 5.41) is 14.3. The molecule has 0 saturated carbocycles. The number of carbonyl (C=O) groups is 1. The molecule has 0 saturated heterocycles. The van der Waals surface area contributed by atoms with Gasteiger partial charge in [-0.2, -0.15) is 5.26 Å². The molecule has 90 valence electrons. The van der Waals surface area contributed by atoms with Crippen LogP contribution in [0.1, 0.15) is 18.9 Å². The van der Waals surface area contributed by atoms with E-state index < -0.39 is 5.82 Å². The highest BCUT2D eigenvalue weighted by molar-refractivity contribution is 5.93. The standard InChI is InChI=1S/C12H14FN3O/c1-2-5-15-8-12(17)16-11-4-3-10(13)6-9(11)7-14/h3-4,6,15H,2,5,8H2,1H3,(H,16,17). The Morgan fingerprint density at radius 2 is 2.29 bits per heavy atom. The Hall–Kier alpha value is -1.93. The second-order valence-electron chi connectivity index (χ2n) is 3.53. The van der Waals surface area contributed by atoms with Gasteiger partial charge in [0.15, 0.2) is 0 Å². The number of carbonyl (C=O) groups excluding carboxylic acids is 1. The van der Waals surface area contributed by atoms with Gasteiger partial charge in [-0.15, -0.1) is 0 Å². The lowest BCUT2D eigenvalue weighted by molar-refractivity contribution is -0.115. The van der Waals surface area contributed by atoms with E-state index in [9.17, 15) is 9.18 Å². The summed E-state index contributed by atoms with van der Waals surface area (Å²) >= 11 is 0. The topological polar surface area (TPSA) is 64.9 Å². The first-order valence-electron chi connectivity index (χ1n) is 5.37. The van der Waals surface area contributed by atoms with Crippen LogP contribution in [0, 0.1) is 17.1 Å². The van der Waals surface area contributed by atoms with Crippen LogP contribution in [-0.2, 0) is 4.79 Å². The van der Waals surface area contributed by atoms with Crippen molar-refractivity contribution in [3.8, 4) is 6.07 Å². The number of hydrogen-bond donors (Lipinski definition) is 2. The van der Waals surface area contributed by atoms with Gasteiger partial charge in [0.25, 0.3) is 0 Å². The highest BCUT2D eigenvalue weighted by Gasteiger charge is 2.07. The molecule has 0 bridgehead atoms. The summed E-state index contributed by atoms with van der Waals surface area (Å²) in [6.07, 6.45) is 0.938. The van der Waals surface area contributed by atoms with Crippen molar-refractivity contribution in [2.45, 2.75) is 13.3 Å². The molecular weight excluding hydrogens is 221 g/mol. The van der Waals surface area contributed by atoms with Crippen molar-refractivity contribution < 1.29 is 9.18 Å². The van der Waals surface area contributed by atoms with Crippen molar-refractivity contribution in [1.82, 2.24) is 5.32 Å². The monoisotopic (exact) mass is 235 g/mol. The summed E-state index contributed by atoms with van der Waals surface area (Å²) in [7, 11) is 0. The molecule has 2 N–H and O–H groups in total. The molecule has 0 aliphatic heterocycles. The summed E-state index contributed by atoms with van der Waals surface area (Å²) < 4.78 is 12.8. The van der Waals surface area contributed by atoms with Crippen molar-refractivity contribution in [3.05, 3.63) is 29.6 Å². The van der Waals surface area contributed by atoms with Crippen LogP contribution >= 0.6 is 0 Å². The molecule has 0 unspecified atom stereocenters. The molecule has 0 aromatic heterocycles. The van der Waals surface area contributed by atoms with Crippen molar-refractivity contribution >= 4 is 11.6 Å². The van der Waals surface area contributed by atoms with Gasteiger partial charge in [0.2, 0.25) is 5.91 Å². The zero-order valence-electron chi connectivity index (χ0n) is 9.59. The van der Waals surface area contributed by atoms with Crippen molar-refractivity contribution in [3.63, 3.8) is 0 Å². The number of nitrogens with zero attached hydrogens (tertiary/aromatic N) is 1. The Labute approximate surface area is 99.4 Å². The lowest BCUT2D eigenvalue weighted by Gasteiger charge is -2.07. The van der Waals surface area contributed by atoms with E-state index in [1.54, 1.807) is 0 Å². The van der Waals surface area contributed by atoms with E-state index in [2.05, 4.69) is 10.6 Å². The fraction of sp³-hybridized carbons (Fsp3) is 0.333. The van der Waals surface area contributed by atoms with E-state index in [1.807, 2.05) is 13.0 Å². The molecule has 0 aliphatic carbocycles. The maximum absolute atomic E-state index is 12.8. The molecule has 1 rings (SSSR count). The molecule has 5 heteroatoms. The normalized spacial score (nSPS) is 9.71. The largest absolute Gasteiger partial charge is 0.324 e. The molecule has 1 aromatic rings. The van der Waals surface area contributed by atoms with Gasteiger partial charge in [0.05, 0.1) is 17.8 Å².